The Hall–Kier alpha value is -1.41. The summed E-state index contributed by atoms with van der Waals surface area (Å²) in [5.74, 6) is -1.57. The molecule has 0 unspecified atom stereocenters. The zero-order chi connectivity index (χ0) is 14.8. The van der Waals surface area contributed by atoms with Crippen LogP contribution in [0.2, 0.25) is 5.02 Å². The third-order valence-electron chi connectivity index (χ3n) is 2.09. The summed E-state index contributed by atoms with van der Waals surface area (Å²) in [5.41, 5.74) is 1.98. The summed E-state index contributed by atoms with van der Waals surface area (Å²) in [6.45, 7) is 7.75. The molecule has 0 fully saturated rings. The van der Waals surface area contributed by atoms with Crippen molar-refractivity contribution in [2.24, 2.45) is 0 Å². The molecule has 0 radical (unpaired) electrons. The Morgan fingerprint density at radius 2 is 1.21 bits per heavy atom. The molecule has 0 heterocycles. The Bertz CT molecular complexity index is 458. The number of benzene rings is 2. The molecule has 0 spiro atoms. The second kappa shape index (κ2) is 9.51. The number of hydrogen-bond acceptors (Lipinski definition) is 0. The molecular formula is C16H19ClF2. The van der Waals surface area contributed by atoms with Crippen molar-refractivity contribution in [2.75, 3.05) is 0 Å². The third kappa shape index (κ3) is 7.58. The molecule has 0 saturated heterocycles. The second-order valence-electron chi connectivity index (χ2n) is 3.71. The van der Waals surface area contributed by atoms with Crippen LogP contribution in [0.5, 0.6) is 0 Å². The SMILES string of the molecule is CC.Cc1ccc(Cl)cc1.Cc1ccc(F)c(F)c1. The first-order valence-corrected chi connectivity index (χ1v) is 6.50. The van der Waals surface area contributed by atoms with Gasteiger partial charge in [-0.25, -0.2) is 8.78 Å². The Morgan fingerprint density at radius 3 is 1.58 bits per heavy atom. The lowest BCUT2D eigenvalue weighted by atomic mass is 10.2. The van der Waals surface area contributed by atoms with E-state index in [1.807, 2.05) is 45.0 Å². The summed E-state index contributed by atoms with van der Waals surface area (Å²) in [6.07, 6.45) is 0. The Kier molecular flexibility index (Phi) is 8.81. The second-order valence-corrected chi connectivity index (χ2v) is 4.15. The Labute approximate surface area is 119 Å². The van der Waals surface area contributed by atoms with Gasteiger partial charge in [-0.3, -0.25) is 0 Å². The minimum atomic E-state index is -0.791. The Balaban J connectivity index is 0.000000303. The van der Waals surface area contributed by atoms with Gasteiger partial charge in [0.1, 0.15) is 0 Å². The normalized spacial score (nSPS) is 8.79. The maximum atomic E-state index is 12.2. The molecule has 2 aromatic carbocycles. The van der Waals surface area contributed by atoms with E-state index >= 15 is 0 Å². The predicted molar refractivity (Wildman–Crippen MR) is 78.6 cm³/mol. The fourth-order valence-corrected chi connectivity index (χ4v) is 1.26. The average molecular weight is 285 g/mol. The largest absolute Gasteiger partial charge is 0.204 e. The van der Waals surface area contributed by atoms with Gasteiger partial charge in [-0.15, -0.1) is 0 Å². The molecule has 104 valence electrons. The summed E-state index contributed by atoms with van der Waals surface area (Å²) in [4.78, 5) is 0. The monoisotopic (exact) mass is 284 g/mol. The molecule has 2 aromatic rings. The maximum Gasteiger partial charge on any atom is 0.159 e. The van der Waals surface area contributed by atoms with E-state index in [0.29, 0.717) is 0 Å². The highest BCUT2D eigenvalue weighted by molar-refractivity contribution is 6.30. The summed E-state index contributed by atoms with van der Waals surface area (Å²) in [6, 6.07) is 11.6. The summed E-state index contributed by atoms with van der Waals surface area (Å²) >= 11 is 5.61. The zero-order valence-electron chi connectivity index (χ0n) is 11.7. The molecule has 0 aliphatic carbocycles. The molecule has 0 atom stereocenters. The molecule has 0 aliphatic heterocycles. The lowest BCUT2D eigenvalue weighted by molar-refractivity contribution is 0.508. The topological polar surface area (TPSA) is 0 Å². The van der Waals surface area contributed by atoms with Crippen molar-refractivity contribution in [3.05, 3.63) is 70.2 Å². The van der Waals surface area contributed by atoms with E-state index < -0.39 is 11.6 Å². The highest BCUT2D eigenvalue weighted by Crippen LogP contribution is 2.07. The standard InChI is InChI=1S/C7H7Cl.C7H6F2.C2H6/c1-6-2-4-7(8)5-3-6;1-5-2-3-6(8)7(9)4-5;1-2/h2-5H,1H3;2-4H,1H3;1-2H3. The van der Waals surface area contributed by atoms with Crippen LogP contribution in [0.25, 0.3) is 0 Å². The molecule has 0 N–H and O–H groups in total. The number of rotatable bonds is 0. The molecule has 2 rings (SSSR count). The van der Waals surface area contributed by atoms with Gasteiger partial charge in [0.05, 0.1) is 0 Å². The fraction of sp³-hybridized carbons (Fsp3) is 0.250. The van der Waals surface area contributed by atoms with Gasteiger partial charge in [0.25, 0.3) is 0 Å². The van der Waals surface area contributed by atoms with E-state index in [-0.39, 0.29) is 0 Å². The maximum absolute atomic E-state index is 12.2. The van der Waals surface area contributed by atoms with Crippen molar-refractivity contribution < 1.29 is 8.78 Å². The van der Waals surface area contributed by atoms with Crippen LogP contribution in [0, 0.1) is 25.5 Å². The van der Waals surface area contributed by atoms with E-state index in [4.69, 9.17) is 11.6 Å². The average Bonchev–Trinajstić information content (AvgIpc) is 2.41. The van der Waals surface area contributed by atoms with E-state index in [0.717, 1.165) is 22.7 Å². The fourth-order valence-electron chi connectivity index (χ4n) is 1.13. The number of hydrogen-bond donors (Lipinski definition) is 0. The number of aryl methyl sites for hydroxylation is 2. The van der Waals surface area contributed by atoms with Gasteiger partial charge >= 0.3 is 0 Å². The Morgan fingerprint density at radius 1 is 0.737 bits per heavy atom. The van der Waals surface area contributed by atoms with E-state index in [2.05, 4.69) is 0 Å². The van der Waals surface area contributed by atoms with Crippen molar-refractivity contribution in [3.63, 3.8) is 0 Å². The van der Waals surface area contributed by atoms with Crippen LogP contribution in [0.15, 0.2) is 42.5 Å². The first kappa shape index (κ1) is 17.6. The van der Waals surface area contributed by atoms with Gasteiger partial charge in [-0.2, -0.15) is 0 Å². The van der Waals surface area contributed by atoms with Crippen molar-refractivity contribution >= 4 is 11.6 Å². The number of halogens is 3. The van der Waals surface area contributed by atoms with Crippen LogP contribution in [0.1, 0.15) is 25.0 Å². The molecular weight excluding hydrogens is 266 g/mol. The minimum Gasteiger partial charge on any atom is -0.204 e. The van der Waals surface area contributed by atoms with Crippen LogP contribution in [-0.2, 0) is 0 Å². The minimum absolute atomic E-state index is 0.730. The van der Waals surface area contributed by atoms with Gasteiger partial charge in [-0.05, 0) is 43.7 Å². The molecule has 0 bridgehead atoms. The lowest BCUT2D eigenvalue weighted by Gasteiger charge is -1.91. The van der Waals surface area contributed by atoms with Crippen molar-refractivity contribution in [1.29, 1.82) is 0 Å². The van der Waals surface area contributed by atoms with Crippen LogP contribution >= 0.6 is 11.6 Å². The molecule has 0 nitrogen and oxygen atoms in total. The van der Waals surface area contributed by atoms with Gasteiger partial charge in [-0.1, -0.05) is 49.2 Å². The third-order valence-corrected chi connectivity index (χ3v) is 2.34. The highest BCUT2D eigenvalue weighted by atomic mass is 35.5. The van der Waals surface area contributed by atoms with Crippen molar-refractivity contribution in [1.82, 2.24) is 0 Å². The van der Waals surface area contributed by atoms with E-state index in [9.17, 15) is 8.78 Å². The van der Waals surface area contributed by atoms with Gasteiger partial charge in [0.2, 0.25) is 0 Å². The van der Waals surface area contributed by atoms with Gasteiger partial charge in [0, 0.05) is 5.02 Å². The molecule has 0 aliphatic rings. The highest BCUT2D eigenvalue weighted by Gasteiger charge is 1.97. The predicted octanol–water partition coefficient (Wildman–Crippen LogP) is 5.95. The van der Waals surface area contributed by atoms with Crippen molar-refractivity contribution in [2.45, 2.75) is 27.7 Å². The summed E-state index contributed by atoms with van der Waals surface area (Å²) < 4.78 is 24.3. The zero-order valence-corrected chi connectivity index (χ0v) is 12.4. The van der Waals surface area contributed by atoms with Crippen LogP contribution in [0.4, 0.5) is 8.78 Å². The van der Waals surface area contributed by atoms with E-state index in [1.54, 1.807) is 6.92 Å². The van der Waals surface area contributed by atoms with Gasteiger partial charge < -0.3 is 0 Å². The molecule has 3 heteroatoms. The quantitative estimate of drug-likeness (QED) is 0.561. The van der Waals surface area contributed by atoms with Crippen LogP contribution in [0.3, 0.4) is 0 Å². The first-order valence-electron chi connectivity index (χ1n) is 6.13. The lowest BCUT2D eigenvalue weighted by Crippen LogP contribution is -1.82. The summed E-state index contributed by atoms with van der Waals surface area (Å²) in [5, 5.41) is 0.801. The molecule has 0 amide bonds. The van der Waals surface area contributed by atoms with E-state index in [1.165, 1.54) is 11.6 Å². The summed E-state index contributed by atoms with van der Waals surface area (Å²) in [7, 11) is 0. The first-order chi connectivity index (χ1) is 8.99. The van der Waals surface area contributed by atoms with Crippen LogP contribution < -0.4 is 0 Å². The molecule has 0 aromatic heterocycles. The van der Waals surface area contributed by atoms with Crippen molar-refractivity contribution in [3.8, 4) is 0 Å². The molecule has 0 saturated carbocycles. The molecule has 19 heavy (non-hydrogen) atoms. The van der Waals surface area contributed by atoms with Crippen LogP contribution in [-0.4, -0.2) is 0 Å². The van der Waals surface area contributed by atoms with Gasteiger partial charge in [0.15, 0.2) is 11.6 Å². The smallest absolute Gasteiger partial charge is 0.159 e.